The molecule has 0 heterocycles. The first-order chi connectivity index (χ1) is 7.88. The van der Waals surface area contributed by atoms with Gasteiger partial charge >= 0.3 is 17.5 Å². The molecule has 17 heavy (non-hydrogen) atoms. The topological polar surface area (TPSA) is 95.7 Å². The van der Waals surface area contributed by atoms with E-state index in [1.165, 1.54) is 0 Å². The van der Waals surface area contributed by atoms with E-state index in [4.69, 9.17) is 0 Å². The number of ether oxygens (including phenoxy) is 2. The first-order valence-corrected chi connectivity index (χ1v) is 5.35. The number of nitro groups is 1. The Morgan fingerprint density at radius 2 is 1.76 bits per heavy atom. The molecule has 7 nitrogen and oxygen atoms in total. The van der Waals surface area contributed by atoms with Crippen LogP contribution in [-0.2, 0) is 19.1 Å². The van der Waals surface area contributed by atoms with Crippen LogP contribution in [0.2, 0.25) is 0 Å². The molecule has 0 aliphatic heterocycles. The van der Waals surface area contributed by atoms with E-state index in [0.717, 1.165) is 6.92 Å². The summed E-state index contributed by atoms with van der Waals surface area (Å²) in [5.41, 5.74) is -1.90. The van der Waals surface area contributed by atoms with E-state index in [2.05, 4.69) is 9.47 Å². The van der Waals surface area contributed by atoms with Crippen LogP contribution in [0.5, 0.6) is 0 Å². The molecule has 0 bridgehead atoms. The average molecular weight is 247 g/mol. The first kappa shape index (κ1) is 15.3. The molecular formula is C10H17NO6. The Morgan fingerprint density at radius 1 is 1.24 bits per heavy atom. The Morgan fingerprint density at radius 3 is 2.18 bits per heavy atom. The SMILES string of the molecule is CCOC(=O)CCC(C)(C(=O)OCC)[N+](=O)[O-]. The number of nitrogens with zero attached hydrogens (tertiary/aromatic N) is 1. The molecule has 0 aromatic rings. The Labute approximate surface area is 99.2 Å². The standard InChI is InChI=1S/C10H17NO6/c1-4-16-8(12)6-7-10(3,11(14)15)9(13)17-5-2/h4-7H2,1-3H3. The van der Waals surface area contributed by atoms with Gasteiger partial charge in [-0.2, -0.15) is 0 Å². The van der Waals surface area contributed by atoms with Crippen LogP contribution in [0.15, 0.2) is 0 Å². The summed E-state index contributed by atoms with van der Waals surface area (Å²) in [6, 6.07) is 0. The minimum atomic E-state index is -1.90. The summed E-state index contributed by atoms with van der Waals surface area (Å²) in [5, 5.41) is 10.9. The molecule has 0 saturated heterocycles. The van der Waals surface area contributed by atoms with E-state index < -0.39 is 22.4 Å². The molecule has 0 spiro atoms. The monoisotopic (exact) mass is 247 g/mol. The molecule has 1 atom stereocenters. The molecule has 0 fully saturated rings. The highest BCUT2D eigenvalue weighted by Gasteiger charge is 2.47. The van der Waals surface area contributed by atoms with Gasteiger partial charge in [0.2, 0.25) is 0 Å². The van der Waals surface area contributed by atoms with Crippen molar-refractivity contribution in [2.75, 3.05) is 13.2 Å². The first-order valence-electron chi connectivity index (χ1n) is 5.35. The molecule has 0 radical (unpaired) electrons. The Kier molecular flexibility index (Phi) is 6.16. The van der Waals surface area contributed by atoms with Crippen molar-refractivity contribution >= 4 is 11.9 Å². The molecule has 0 saturated carbocycles. The van der Waals surface area contributed by atoms with Gasteiger partial charge in [-0.1, -0.05) is 0 Å². The largest absolute Gasteiger partial charge is 0.466 e. The van der Waals surface area contributed by atoms with Crippen molar-refractivity contribution in [2.45, 2.75) is 39.2 Å². The number of carbonyl (C=O) groups is 2. The van der Waals surface area contributed by atoms with Gasteiger partial charge in [0.15, 0.2) is 0 Å². The van der Waals surface area contributed by atoms with Gasteiger partial charge in [-0.15, -0.1) is 0 Å². The summed E-state index contributed by atoms with van der Waals surface area (Å²) in [6.07, 6.45) is -0.429. The van der Waals surface area contributed by atoms with E-state index in [-0.39, 0.29) is 26.1 Å². The van der Waals surface area contributed by atoms with E-state index in [9.17, 15) is 19.7 Å². The van der Waals surface area contributed by atoms with Crippen LogP contribution >= 0.6 is 0 Å². The Balaban J connectivity index is 4.57. The van der Waals surface area contributed by atoms with Gasteiger partial charge in [0.25, 0.3) is 0 Å². The third kappa shape index (κ3) is 4.38. The minimum absolute atomic E-state index is 0.0572. The molecular weight excluding hydrogens is 230 g/mol. The fourth-order valence-corrected chi connectivity index (χ4v) is 1.13. The quantitative estimate of drug-likeness (QED) is 0.377. The molecule has 0 rings (SSSR count). The van der Waals surface area contributed by atoms with Crippen LogP contribution in [-0.4, -0.2) is 35.6 Å². The number of hydrogen-bond acceptors (Lipinski definition) is 6. The molecule has 0 aliphatic carbocycles. The predicted octanol–water partition coefficient (Wildman–Crippen LogP) is 0.928. The third-order valence-corrected chi connectivity index (χ3v) is 2.24. The van der Waals surface area contributed by atoms with Crippen LogP contribution in [0.4, 0.5) is 0 Å². The maximum absolute atomic E-state index is 11.5. The second-order valence-electron chi connectivity index (χ2n) is 3.56. The van der Waals surface area contributed by atoms with Crippen LogP contribution in [0.3, 0.4) is 0 Å². The zero-order chi connectivity index (χ0) is 13.5. The summed E-state index contributed by atoms with van der Waals surface area (Å²) >= 11 is 0. The van der Waals surface area contributed by atoms with Gasteiger partial charge in [-0.05, 0) is 13.8 Å². The minimum Gasteiger partial charge on any atom is -0.466 e. The summed E-state index contributed by atoms with van der Waals surface area (Å²) in [7, 11) is 0. The highest BCUT2D eigenvalue weighted by Crippen LogP contribution is 2.19. The van der Waals surface area contributed by atoms with Crippen molar-refractivity contribution in [3.05, 3.63) is 10.1 Å². The lowest BCUT2D eigenvalue weighted by atomic mass is 9.97. The van der Waals surface area contributed by atoms with Gasteiger partial charge in [0.05, 0.1) is 19.6 Å². The molecule has 0 amide bonds. The second-order valence-corrected chi connectivity index (χ2v) is 3.56. The van der Waals surface area contributed by atoms with Gasteiger partial charge in [-0.25, -0.2) is 4.79 Å². The van der Waals surface area contributed by atoms with Crippen LogP contribution in [0.1, 0.15) is 33.6 Å². The highest BCUT2D eigenvalue weighted by atomic mass is 16.6. The van der Waals surface area contributed by atoms with E-state index in [0.29, 0.717) is 0 Å². The Bertz CT molecular complexity index is 303. The fourth-order valence-electron chi connectivity index (χ4n) is 1.13. The van der Waals surface area contributed by atoms with Gasteiger partial charge in [0, 0.05) is 18.3 Å². The van der Waals surface area contributed by atoms with Crippen molar-refractivity contribution in [1.29, 1.82) is 0 Å². The Hall–Kier alpha value is -1.66. The molecule has 0 N–H and O–H groups in total. The fraction of sp³-hybridized carbons (Fsp3) is 0.800. The van der Waals surface area contributed by atoms with Crippen molar-refractivity contribution in [1.82, 2.24) is 0 Å². The summed E-state index contributed by atoms with van der Waals surface area (Å²) < 4.78 is 9.27. The zero-order valence-electron chi connectivity index (χ0n) is 10.2. The number of carbonyl (C=O) groups excluding carboxylic acids is 2. The third-order valence-electron chi connectivity index (χ3n) is 2.24. The van der Waals surface area contributed by atoms with Gasteiger partial charge in [-0.3, -0.25) is 14.9 Å². The van der Waals surface area contributed by atoms with Crippen LogP contribution < -0.4 is 0 Å². The van der Waals surface area contributed by atoms with Crippen molar-refractivity contribution in [2.24, 2.45) is 0 Å². The van der Waals surface area contributed by atoms with Crippen LogP contribution in [0, 0.1) is 10.1 Å². The van der Waals surface area contributed by atoms with E-state index in [1.807, 2.05) is 0 Å². The van der Waals surface area contributed by atoms with E-state index in [1.54, 1.807) is 13.8 Å². The van der Waals surface area contributed by atoms with Crippen molar-refractivity contribution in [3.63, 3.8) is 0 Å². The zero-order valence-corrected chi connectivity index (χ0v) is 10.2. The molecule has 7 heteroatoms. The second kappa shape index (κ2) is 6.82. The summed E-state index contributed by atoms with van der Waals surface area (Å²) in [4.78, 5) is 32.7. The van der Waals surface area contributed by atoms with Crippen LogP contribution in [0.25, 0.3) is 0 Å². The van der Waals surface area contributed by atoms with Gasteiger partial charge in [0.1, 0.15) is 0 Å². The maximum atomic E-state index is 11.5. The lowest BCUT2D eigenvalue weighted by Crippen LogP contribution is -2.45. The summed E-state index contributed by atoms with van der Waals surface area (Å²) in [5.74, 6) is -1.50. The average Bonchev–Trinajstić information content (AvgIpc) is 2.26. The number of rotatable bonds is 7. The molecule has 1 unspecified atom stereocenters. The lowest BCUT2D eigenvalue weighted by Gasteiger charge is -2.18. The number of hydrogen-bond donors (Lipinski definition) is 0. The summed E-state index contributed by atoms with van der Waals surface area (Å²) in [6.45, 7) is 4.60. The smallest absolute Gasteiger partial charge is 0.384 e. The molecule has 0 aliphatic rings. The number of esters is 2. The normalized spacial score (nSPS) is 13.6. The predicted molar refractivity (Wildman–Crippen MR) is 57.9 cm³/mol. The van der Waals surface area contributed by atoms with Crippen molar-refractivity contribution < 1.29 is 24.0 Å². The molecule has 0 aromatic heterocycles. The maximum Gasteiger partial charge on any atom is 0.384 e. The van der Waals surface area contributed by atoms with Gasteiger partial charge < -0.3 is 9.47 Å². The van der Waals surface area contributed by atoms with E-state index >= 15 is 0 Å². The highest BCUT2D eigenvalue weighted by molar-refractivity contribution is 5.80. The molecule has 98 valence electrons. The molecule has 0 aromatic carbocycles. The van der Waals surface area contributed by atoms with Crippen molar-refractivity contribution in [3.8, 4) is 0 Å². The lowest BCUT2D eigenvalue weighted by molar-refractivity contribution is -0.551.